The first-order chi connectivity index (χ1) is 26.2. The molecular formula is C43H83NO10. The standard InChI is InChI=1S/C43H83NO10/c1-3-5-7-9-11-13-14-15-16-17-18-19-20-21-23-24-26-28-30-35(46)38(48)34(33-53-43-41(51)40(50)39(49)37(32-45)54-43)44-42(52)36(47)31-29-27-25-22-12-10-8-6-4-2/h10,12,34-41,43,45-51H,3-9,11,13-33H2,1-2H3,(H,44,52)/b12-10-. The Balaban J connectivity index is 2.44. The zero-order chi connectivity index (χ0) is 39.8. The van der Waals surface area contributed by atoms with Crippen LogP contribution in [-0.2, 0) is 14.3 Å². The van der Waals surface area contributed by atoms with Crippen molar-refractivity contribution in [2.75, 3.05) is 13.2 Å². The van der Waals surface area contributed by atoms with Gasteiger partial charge in [0, 0.05) is 0 Å². The van der Waals surface area contributed by atoms with Gasteiger partial charge in [-0.05, 0) is 32.1 Å². The zero-order valence-corrected chi connectivity index (χ0v) is 34.2. The summed E-state index contributed by atoms with van der Waals surface area (Å²) in [5.41, 5.74) is 0. The van der Waals surface area contributed by atoms with Crippen LogP contribution < -0.4 is 5.32 Å². The van der Waals surface area contributed by atoms with E-state index in [1.54, 1.807) is 0 Å². The highest BCUT2D eigenvalue weighted by atomic mass is 16.7. The minimum Gasteiger partial charge on any atom is -0.394 e. The molecule has 1 amide bonds. The average Bonchev–Trinajstić information content (AvgIpc) is 3.17. The Morgan fingerprint density at radius 2 is 1.09 bits per heavy atom. The maximum atomic E-state index is 13.0. The summed E-state index contributed by atoms with van der Waals surface area (Å²) in [7, 11) is 0. The Hall–Kier alpha value is -1.15. The Morgan fingerprint density at radius 1 is 0.630 bits per heavy atom. The van der Waals surface area contributed by atoms with E-state index in [0.29, 0.717) is 19.3 Å². The maximum Gasteiger partial charge on any atom is 0.249 e. The van der Waals surface area contributed by atoms with Crippen LogP contribution in [-0.4, -0.2) is 110 Å². The van der Waals surface area contributed by atoms with Crippen LogP contribution in [0.2, 0.25) is 0 Å². The molecule has 54 heavy (non-hydrogen) atoms. The fraction of sp³-hybridized carbons (Fsp3) is 0.930. The molecule has 0 aromatic carbocycles. The van der Waals surface area contributed by atoms with Crippen LogP contribution in [0.5, 0.6) is 0 Å². The number of carbonyl (C=O) groups excluding carboxylic acids is 1. The van der Waals surface area contributed by atoms with Crippen LogP contribution in [0.3, 0.4) is 0 Å². The van der Waals surface area contributed by atoms with E-state index in [4.69, 9.17) is 9.47 Å². The first kappa shape index (κ1) is 50.9. The van der Waals surface area contributed by atoms with E-state index >= 15 is 0 Å². The average molecular weight is 774 g/mol. The Morgan fingerprint density at radius 3 is 1.61 bits per heavy atom. The summed E-state index contributed by atoms with van der Waals surface area (Å²) in [4.78, 5) is 13.0. The second-order valence-electron chi connectivity index (χ2n) is 15.8. The minimum atomic E-state index is -1.66. The number of aliphatic hydroxyl groups excluding tert-OH is 7. The largest absolute Gasteiger partial charge is 0.394 e. The molecule has 11 heteroatoms. The smallest absolute Gasteiger partial charge is 0.249 e. The van der Waals surface area contributed by atoms with Crippen molar-refractivity contribution in [3.63, 3.8) is 0 Å². The molecule has 9 unspecified atom stereocenters. The molecule has 0 radical (unpaired) electrons. The summed E-state index contributed by atoms with van der Waals surface area (Å²) >= 11 is 0. The number of nitrogens with one attached hydrogen (secondary N) is 1. The van der Waals surface area contributed by atoms with E-state index < -0.39 is 74.2 Å². The van der Waals surface area contributed by atoms with Gasteiger partial charge in [-0.2, -0.15) is 0 Å². The van der Waals surface area contributed by atoms with Gasteiger partial charge in [-0.3, -0.25) is 4.79 Å². The second-order valence-corrected chi connectivity index (χ2v) is 15.8. The Kier molecular flexibility index (Phi) is 32.0. The molecule has 1 aliphatic rings. The van der Waals surface area contributed by atoms with Crippen LogP contribution >= 0.6 is 0 Å². The molecule has 1 saturated heterocycles. The predicted molar refractivity (Wildman–Crippen MR) is 215 cm³/mol. The monoisotopic (exact) mass is 774 g/mol. The minimum absolute atomic E-state index is 0.240. The van der Waals surface area contributed by atoms with E-state index in [0.717, 1.165) is 44.9 Å². The van der Waals surface area contributed by atoms with Crippen molar-refractivity contribution < 1.29 is 50.0 Å². The highest BCUT2D eigenvalue weighted by molar-refractivity contribution is 5.80. The Labute approximate surface area is 328 Å². The molecule has 1 fully saturated rings. The predicted octanol–water partition coefficient (Wildman–Crippen LogP) is 6.50. The third-order valence-electron chi connectivity index (χ3n) is 10.8. The van der Waals surface area contributed by atoms with Crippen molar-refractivity contribution in [1.29, 1.82) is 0 Å². The van der Waals surface area contributed by atoms with E-state index in [9.17, 15) is 40.5 Å². The van der Waals surface area contributed by atoms with E-state index in [-0.39, 0.29) is 6.42 Å². The first-order valence-electron chi connectivity index (χ1n) is 22.1. The number of aliphatic hydroxyl groups is 7. The number of unbranched alkanes of at least 4 members (excludes halogenated alkanes) is 22. The number of ether oxygens (including phenoxy) is 2. The van der Waals surface area contributed by atoms with Crippen molar-refractivity contribution >= 4 is 5.91 Å². The fourth-order valence-electron chi connectivity index (χ4n) is 7.07. The normalized spacial score (nSPS) is 22.7. The lowest BCUT2D eigenvalue weighted by atomic mass is 9.98. The van der Waals surface area contributed by atoms with Crippen molar-refractivity contribution in [3.8, 4) is 0 Å². The summed E-state index contributed by atoms with van der Waals surface area (Å²) < 4.78 is 11.0. The van der Waals surface area contributed by atoms with Gasteiger partial charge in [0.15, 0.2) is 6.29 Å². The number of allylic oxidation sites excluding steroid dienone is 2. The van der Waals surface area contributed by atoms with Crippen LogP contribution in [0.15, 0.2) is 12.2 Å². The van der Waals surface area contributed by atoms with Gasteiger partial charge in [0.1, 0.15) is 36.6 Å². The molecule has 8 N–H and O–H groups in total. The topological polar surface area (TPSA) is 189 Å². The quantitative estimate of drug-likeness (QED) is 0.0258. The molecule has 0 saturated carbocycles. The van der Waals surface area contributed by atoms with Crippen LogP contribution in [0.25, 0.3) is 0 Å². The van der Waals surface area contributed by atoms with Crippen LogP contribution in [0.1, 0.15) is 187 Å². The molecule has 0 aromatic rings. The lowest BCUT2D eigenvalue weighted by molar-refractivity contribution is -0.303. The van der Waals surface area contributed by atoms with Gasteiger partial charge >= 0.3 is 0 Å². The van der Waals surface area contributed by atoms with Gasteiger partial charge in [0.25, 0.3) is 0 Å². The number of hydrogen-bond donors (Lipinski definition) is 8. The molecule has 0 spiro atoms. The van der Waals surface area contributed by atoms with Gasteiger partial charge in [-0.15, -0.1) is 0 Å². The SMILES string of the molecule is CCCC/C=C\CCCCCC(O)C(=O)NC(COC1OC(CO)C(O)C(O)C1O)C(O)C(O)CCCCCCCCCCCCCCCCCCCC. The molecule has 1 aliphatic heterocycles. The van der Waals surface area contributed by atoms with Gasteiger partial charge in [0.05, 0.1) is 25.4 Å². The van der Waals surface area contributed by atoms with Crippen LogP contribution in [0.4, 0.5) is 0 Å². The molecular weight excluding hydrogens is 690 g/mol. The number of amides is 1. The highest BCUT2D eigenvalue weighted by Crippen LogP contribution is 2.23. The fourth-order valence-corrected chi connectivity index (χ4v) is 7.07. The van der Waals surface area contributed by atoms with E-state index in [1.807, 2.05) is 0 Å². The third-order valence-corrected chi connectivity index (χ3v) is 10.8. The van der Waals surface area contributed by atoms with Gasteiger partial charge in [0.2, 0.25) is 5.91 Å². The zero-order valence-electron chi connectivity index (χ0n) is 34.2. The molecule has 1 rings (SSSR count). The summed E-state index contributed by atoms with van der Waals surface area (Å²) in [6.07, 6.45) is 22.8. The molecule has 0 aliphatic carbocycles. The van der Waals surface area contributed by atoms with Gasteiger partial charge in [-0.25, -0.2) is 0 Å². The molecule has 1 heterocycles. The summed E-state index contributed by atoms with van der Waals surface area (Å²) in [5.74, 6) is -0.712. The van der Waals surface area contributed by atoms with Crippen LogP contribution in [0, 0.1) is 0 Å². The molecule has 0 aromatic heterocycles. The lowest BCUT2D eigenvalue weighted by Crippen LogP contribution is -2.60. The second kappa shape index (κ2) is 33.9. The van der Waals surface area contributed by atoms with Crippen molar-refractivity contribution in [2.24, 2.45) is 0 Å². The van der Waals surface area contributed by atoms with Crippen molar-refractivity contribution in [1.82, 2.24) is 5.32 Å². The third kappa shape index (κ3) is 23.8. The van der Waals surface area contributed by atoms with Gasteiger partial charge in [-0.1, -0.05) is 167 Å². The van der Waals surface area contributed by atoms with Gasteiger partial charge < -0.3 is 50.5 Å². The summed E-state index contributed by atoms with van der Waals surface area (Å²) in [5, 5.41) is 75.4. The molecule has 11 nitrogen and oxygen atoms in total. The number of hydrogen-bond acceptors (Lipinski definition) is 10. The van der Waals surface area contributed by atoms with E-state index in [2.05, 4.69) is 31.3 Å². The number of rotatable bonds is 36. The van der Waals surface area contributed by atoms with Crippen molar-refractivity contribution in [3.05, 3.63) is 12.2 Å². The summed E-state index contributed by atoms with van der Waals surface area (Å²) in [6.45, 7) is 3.36. The molecule has 0 bridgehead atoms. The Bertz CT molecular complexity index is 892. The maximum absolute atomic E-state index is 13.0. The lowest BCUT2D eigenvalue weighted by Gasteiger charge is -2.40. The molecule has 9 atom stereocenters. The number of carbonyl (C=O) groups is 1. The van der Waals surface area contributed by atoms with Crippen molar-refractivity contribution in [2.45, 2.75) is 242 Å². The van der Waals surface area contributed by atoms with E-state index in [1.165, 1.54) is 103 Å². The highest BCUT2D eigenvalue weighted by Gasteiger charge is 2.44. The molecule has 320 valence electrons. The first-order valence-corrected chi connectivity index (χ1v) is 22.1. The summed E-state index contributed by atoms with van der Waals surface area (Å²) in [6, 6.07) is -1.17.